The van der Waals surface area contributed by atoms with E-state index in [2.05, 4.69) is 22.8 Å². The van der Waals surface area contributed by atoms with E-state index in [0.717, 1.165) is 89.9 Å². The molecule has 2 aliphatic heterocycles. The molecule has 13 nitrogen and oxygen atoms in total. The Bertz CT molecular complexity index is 1140. The zero-order valence-electron chi connectivity index (χ0n) is 28.7. The van der Waals surface area contributed by atoms with E-state index >= 15 is 0 Å². The molecule has 4 unspecified atom stereocenters. The molecule has 8 bridgehead atoms. The van der Waals surface area contributed by atoms with Crippen molar-refractivity contribution in [3.63, 3.8) is 0 Å². The molecule has 10 aliphatic rings. The van der Waals surface area contributed by atoms with Gasteiger partial charge in [-0.2, -0.15) is 10.5 Å². The van der Waals surface area contributed by atoms with E-state index in [1.807, 2.05) is 0 Å². The van der Waals surface area contributed by atoms with E-state index in [-0.39, 0.29) is 102 Å². The van der Waals surface area contributed by atoms with Gasteiger partial charge in [0.25, 0.3) is 0 Å². The maximum absolute atomic E-state index is 12.4. The predicted octanol–water partition coefficient (Wildman–Crippen LogP) is -3.50. The molecule has 0 aromatic rings. The molecular formula is C34H56CaClN6O7+. The van der Waals surface area contributed by atoms with Crippen molar-refractivity contribution in [3.05, 3.63) is 0 Å². The Morgan fingerprint density at radius 3 is 1.27 bits per heavy atom. The summed E-state index contributed by atoms with van der Waals surface area (Å²) in [7, 11) is 0. The molecule has 2 saturated heterocycles. The van der Waals surface area contributed by atoms with Crippen LogP contribution in [-0.2, 0) is 9.59 Å². The van der Waals surface area contributed by atoms with Crippen LogP contribution in [0.5, 0.6) is 0 Å². The molecule has 0 aromatic heterocycles. The standard InChI is InChI=1S/2C17H25N3O2.Ca.ClH.3H2O/c2*18-9-14-2-1-3-20(14)15(21)10-19-16-5-12-4-13(6-16)8-17(22,7-12)11-16;;;;;/h2*12-14,19,22H,1-8,10-11H2;;1H;3*1H2/q;;+2;;;;/p-1/t2*12?,13?,14-,16?,17?;;;;;/m00...../s1. The second-order valence-corrected chi connectivity index (χ2v) is 16.4. The quantitative estimate of drug-likeness (QED) is 0.199. The number of halogens is 1. The number of hydrogen-bond donors (Lipinski definition) is 4. The summed E-state index contributed by atoms with van der Waals surface area (Å²) < 4.78 is 0. The van der Waals surface area contributed by atoms with E-state index in [0.29, 0.717) is 49.9 Å². The van der Waals surface area contributed by atoms with Crippen LogP contribution >= 0.6 is 0 Å². The second kappa shape index (κ2) is 16.9. The predicted molar refractivity (Wildman–Crippen MR) is 178 cm³/mol. The molecule has 0 aromatic carbocycles. The number of carbonyl (C=O) groups is 2. The number of nitriles is 2. The first-order valence-electron chi connectivity index (χ1n) is 17.3. The average Bonchev–Trinajstić information content (AvgIpc) is 3.62. The van der Waals surface area contributed by atoms with Gasteiger partial charge in [0, 0.05) is 24.2 Å². The summed E-state index contributed by atoms with van der Waals surface area (Å²) in [6.45, 7) is 2.04. The number of nitrogens with zero attached hydrogens (tertiary/aromatic N) is 4. The van der Waals surface area contributed by atoms with Crippen LogP contribution in [0.1, 0.15) is 103 Å². The molecule has 2 amide bonds. The molecule has 49 heavy (non-hydrogen) atoms. The van der Waals surface area contributed by atoms with Gasteiger partial charge < -0.3 is 59.5 Å². The summed E-state index contributed by atoms with van der Waals surface area (Å²) in [6, 6.07) is 3.98. The third-order valence-electron chi connectivity index (χ3n) is 12.7. The summed E-state index contributed by atoms with van der Waals surface area (Å²) in [6.07, 6.45) is 15.7. The van der Waals surface area contributed by atoms with Gasteiger partial charge in [-0.1, -0.05) is 0 Å². The summed E-state index contributed by atoms with van der Waals surface area (Å²) in [5.74, 6) is 2.57. The molecular weight excluding hydrogens is 680 g/mol. The number of carbonyl (C=O) groups excluding carboxylic acids is 2. The van der Waals surface area contributed by atoms with E-state index < -0.39 is 11.2 Å². The van der Waals surface area contributed by atoms with Crippen LogP contribution in [0.2, 0.25) is 0 Å². The Kier molecular flexibility index (Phi) is 15.3. The maximum atomic E-state index is 12.4. The summed E-state index contributed by atoms with van der Waals surface area (Å²) in [4.78, 5) is 28.3. The Morgan fingerprint density at radius 1 is 0.653 bits per heavy atom. The smallest absolute Gasteiger partial charge is 1.00 e. The summed E-state index contributed by atoms with van der Waals surface area (Å²) in [5, 5.41) is 46.8. The minimum atomic E-state index is -0.497. The van der Waals surface area contributed by atoms with Crippen LogP contribution in [0.3, 0.4) is 0 Å². The van der Waals surface area contributed by atoms with Crippen LogP contribution < -0.4 is 23.0 Å². The SMILES string of the molecule is N#C[C@@H]1CCCN1C(=O)CNC12CC3CC(CC(O)(C3)C1)C2.N#C[C@@H]1CCCN1C(=O)CNC12CC3CC(CC(O)(C3)C1)C2.O.O.O.[Ca+2].[Cl-]. The molecule has 0 radical (unpaired) electrons. The van der Waals surface area contributed by atoms with Gasteiger partial charge in [-0.3, -0.25) is 9.59 Å². The Morgan fingerprint density at radius 2 is 0.980 bits per heavy atom. The topological polar surface area (TPSA) is 247 Å². The number of likely N-dealkylation sites (tertiary alicyclic amines) is 2. The molecule has 10 rings (SSSR count). The van der Waals surface area contributed by atoms with Crippen molar-refractivity contribution in [3.8, 4) is 12.1 Å². The third-order valence-corrected chi connectivity index (χ3v) is 12.7. The Balaban J connectivity index is 0.000000309. The summed E-state index contributed by atoms with van der Waals surface area (Å²) in [5.41, 5.74) is -1.08. The number of rotatable bonds is 6. The van der Waals surface area contributed by atoms with Crippen LogP contribution in [-0.4, -0.2) is 147 Å². The van der Waals surface area contributed by atoms with Gasteiger partial charge in [0.15, 0.2) is 0 Å². The summed E-state index contributed by atoms with van der Waals surface area (Å²) >= 11 is 0. The first kappa shape index (κ1) is 44.4. The fraction of sp³-hybridized carbons (Fsp3) is 0.882. The molecule has 2 heterocycles. The molecule has 10 N–H and O–H groups in total. The van der Waals surface area contributed by atoms with Gasteiger partial charge in [-0.05, 0) is 126 Å². The normalized spacial score (nSPS) is 41.3. The third kappa shape index (κ3) is 9.05. The maximum Gasteiger partial charge on any atom is 2.00 e. The largest absolute Gasteiger partial charge is 2.00 e. The average molecular weight is 736 g/mol. The monoisotopic (exact) mass is 735 g/mol. The van der Waals surface area contributed by atoms with Crippen LogP contribution in [0, 0.1) is 46.3 Å². The Labute approximate surface area is 326 Å². The fourth-order valence-electron chi connectivity index (χ4n) is 12.0. The Hall–Kier alpha value is -0.810. The van der Waals surface area contributed by atoms with E-state index in [1.165, 1.54) is 12.8 Å². The van der Waals surface area contributed by atoms with Gasteiger partial charge in [-0.25, -0.2) is 0 Å². The number of amides is 2. The van der Waals surface area contributed by atoms with Crippen molar-refractivity contribution in [2.24, 2.45) is 23.7 Å². The van der Waals surface area contributed by atoms with Crippen molar-refractivity contribution in [2.45, 2.75) is 137 Å². The van der Waals surface area contributed by atoms with Crippen molar-refractivity contribution < 1.29 is 48.6 Å². The zero-order valence-corrected chi connectivity index (χ0v) is 31.7. The molecule has 8 aliphatic carbocycles. The van der Waals surface area contributed by atoms with Gasteiger partial charge in [0.1, 0.15) is 12.1 Å². The molecule has 8 saturated carbocycles. The van der Waals surface area contributed by atoms with Crippen LogP contribution in [0.4, 0.5) is 0 Å². The molecule has 0 spiro atoms. The van der Waals surface area contributed by atoms with E-state index in [1.54, 1.807) is 9.80 Å². The molecule has 15 heteroatoms. The molecule has 10 fully saturated rings. The van der Waals surface area contributed by atoms with Crippen LogP contribution in [0.15, 0.2) is 0 Å². The van der Waals surface area contributed by atoms with Crippen LogP contribution in [0.25, 0.3) is 0 Å². The van der Waals surface area contributed by atoms with Gasteiger partial charge >= 0.3 is 37.7 Å². The number of nitrogens with one attached hydrogen (secondary N) is 2. The molecule has 6 atom stereocenters. The first-order valence-corrected chi connectivity index (χ1v) is 17.3. The fourth-order valence-corrected chi connectivity index (χ4v) is 12.0. The van der Waals surface area contributed by atoms with Gasteiger partial charge in [-0.15, -0.1) is 0 Å². The first-order chi connectivity index (χ1) is 21.0. The minimum absolute atomic E-state index is 0. The number of hydrogen-bond acceptors (Lipinski definition) is 8. The van der Waals surface area contributed by atoms with Gasteiger partial charge in [0.05, 0.1) is 36.4 Å². The van der Waals surface area contributed by atoms with Crippen molar-refractivity contribution in [1.82, 2.24) is 20.4 Å². The van der Waals surface area contributed by atoms with Crippen molar-refractivity contribution in [2.75, 3.05) is 26.2 Å². The van der Waals surface area contributed by atoms with E-state index in [9.17, 15) is 19.8 Å². The van der Waals surface area contributed by atoms with Gasteiger partial charge in [0.2, 0.25) is 11.8 Å². The molecule has 272 valence electrons. The zero-order chi connectivity index (χ0) is 30.7. The minimum Gasteiger partial charge on any atom is -1.00 e. The van der Waals surface area contributed by atoms with Crippen molar-refractivity contribution in [1.29, 1.82) is 10.5 Å². The van der Waals surface area contributed by atoms with E-state index in [4.69, 9.17) is 10.5 Å². The van der Waals surface area contributed by atoms with Crippen molar-refractivity contribution >= 4 is 49.6 Å². The second-order valence-electron chi connectivity index (χ2n) is 16.4. The number of aliphatic hydroxyl groups is 2.